The monoisotopic (exact) mass is 281 g/mol. The molecule has 2 aromatic rings. The summed E-state index contributed by atoms with van der Waals surface area (Å²) in [5.74, 6) is 0.616. The quantitative estimate of drug-likeness (QED) is 0.904. The third-order valence-corrected chi connectivity index (χ3v) is 3.89. The summed E-state index contributed by atoms with van der Waals surface area (Å²) in [6.07, 6.45) is 3.58. The Morgan fingerprint density at radius 1 is 1.19 bits per heavy atom. The van der Waals surface area contributed by atoms with Gasteiger partial charge in [-0.1, -0.05) is 12.1 Å². The molecule has 1 saturated heterocycles. The van der Waals surface area contributed by atoms with Crippen LogP contribution in [0, 0.1) is 0 Å². The van der Waals surface area contributed by atoms with Crippen LogP contribution in [0.25, 0.3) is 0 Å². The van der Waals surface area contributed by atoms with Crippen molar-refractivity contribution in [2.75, 3.05) is 13.1 Å². The summed E-state index contributed by atoms with van der Waals surface area (Å²) in [7, 11) is 0. The van der Waals surface area contributed by atoms with Crippen molar-refractivity contribution >= 4 is 5.91 Å². The van der Waals surface area contributed by atoms with Gasteiger partial charge in [0, 0.05) is 18.9 Å². The summed E-state index contributed by atoms with van der Waals surface area (Å²) >= 11 is 0. The third-order valence-electron chi connectivity index (χ3n) is 3.89. The van der Waals surface area contributed by atoms with Gasteiger partial charge in [-0.15, -0.1) is 0 Å². The number of para-hydroxylation sites is 1. The maximum atomic E-state index is 12.1. The molecule has 1 spiro atoms. The summed E-state index contributed by atoms with van der Waals surface area (Å²) in [4.78, 5) is 18.4. The van der Waals surface area contributed by atoms with Crippen molar-refractivity contribution in [3.05, 3.63) is 59.9 Å². The zero-order valence-electron chi connectivity index (χ0n) is 11.5. The van der Waals surface area contributed by atoms with Gasteiger partial charge in [0.25, 0.3) is 5.91 Å². The molecule has 2 aliphatic rings. The van der Waals surface area contributed by atoms with Gasteiger partial charge in [0.05, 0.1) is 18.7 Å². The Bertz CT molecular complexity index is 681. The number of nitrogens with one attached hydrogen (secondary N) is 1. The molecule has 106 valence electrons. The number of rotatable bonds is 2. The van der Waals surface area contributed by atoms with Crippen LogP contribution >= 0.6 is 0 Å². The van der Waals surface area contributed by atoms with E-state index in [1.807, 2.05) is 30.3 Å². The molecule has 0 saturated carbocycles. The van der Waals surface area contributed by atoms with Crippen molar-refractivity contribution in [3.8, 4) is 5.75 Å². The van der Waals surface area contributed by atoms with Crippen LogP contribution in [0.15, 0.2) is 48.8 Å². The number of pyridine rings is 1. The Labute approximate surface area is 122 Å². The number of amides is 1. The van der Waals surface area contributed by atoms with Crippen molar-refractivity contribution in [2.24, 2.45) is 0 Å². The minimum Gasteiger partial charge on any atom is -0.464 e. The third kappa shape index (κ3) is 2.15. The first-order valence-electron chi connectivity index (χ1n) is 6.96. The molecule has 1 aromatic heterocycles. The highest BCUT2D eigenvalue weighted by Gasteiger charge is 2.49. The Hall–Kier alpha value is -2.40. The van der Waals surface area contributed by atoms with Crippen LogP contribution in [-0.2, 0) is 6.54 Å². The van der Waals surface area contributed by atoms with Crippen molar-refractivity contribution in [2.45, 2.75) is 12.3 Å². The second-order valence-electron chi connectivity index (χ2n) is 5.55. The number of ether oxygens (including phenoxy) is 1. The van der Waals surface area contributed by atoms with Gasteiger partial charge < -0.3 is 10.1 Å². The molecule has 1 fully saturated rings. The molecule has 5 heteroatoms. The first-order chi connectivity index (χ1) is 10.2. The van der Waals surface area contributed by atoms with E-state index in [0.717, 1.165) is 6.54 Å². The molecule has 1 aromatic carbocycles. The first kappa shape index (κ1) is 12.3. The van der Waals surface area contributed by atoms with Crippen LogP contribution < -0.4 is 10.1 Å². The second-order valence-corrected chi connectivity index (χ2v) is 5.55. The van der Waals surface area contributed by atoms with E-state index in [0.29, 0.717) is 24.4 Å². The van der Waals surface area contributed by atoms with E-state index in [-0.39, 0.29) is 5.91 Å². The zero-order valence-corrected chi connectivity index (χ0v) is 11.5. The highest BCUT2D eigenvalue weighted by molar-refractivity contribution is 5.98. The molecule has 21 heavy (non-hydrogen) atoms. The lowest BCUT2D eigenvalue weighted by Gasteiger charge is -2.51. The van der Waals surface area contributed by atoms with Crippen LogP contribution in [-0.4, -0.2) is 34.6 Å². The molecule has 0 atom stereocenters. The molecule has 0 radical (unpaired) electrons. The smallest absolute Gasteiger partial charge is 0.258 e. The maximum absolute atomic E-state index is 12.1. The highest BCUT2D eigenvalue weighted by atomic mass is 16.5. The predicted molar refractivity (Wildman–Crippen MR) is 76.8 cm³/mol. The molecule has 0 bridgehead atoms. The van der Waals surface area contributed by atoms with Crippen LogP contribution in [0.3, 0.4) is 0 Å². The Kier molecular flexibility index (Phi) is 2.68. The second kappa shape index (κ2) is 4.56. The van der Waals surface area contributed by atoms with E-state index in [1.54, 1.807) is 18.5 Å². The summed E-state index contributed by atoms with van der Waals surface area (Å²) < 4.78 is 6.01. The van der Waals surface area contributed by atoms with Gasteiger partial charge >= 0.3 is 0 Å². The van der Waals surface area contributed by atoms with Gasteiger partial charge in [-0.2, -0.15) is 0 Å². The van der Waals surface area contributed by atoms with Crippen molar-refractivity contribution in [3.63, 3.8) is 0 Å². The van der Waals surface area contributed by atoms with E-state index >= 15 is 0 Å². The molecule has 2 aliphatic heterocycles. The number of likely N-dealkylation sites (tertiary alicyclic amines) is 1. The Balaban J connectivity index is 1.47. The number of aromatic nitrogens is 1. The van der Waals surface area contributed by atoms with E-state index in [9.17, 15) is 4.79 Å². The van der Waals surface area contributed by atoms with Gasteiger partial charge in [-0.25, -0.2) is 0 Å². The lowest BCUT2D eigenvalue weighted by atomic mass is 9.99. The lowest BCUT2D eigenvalue weighted by Crippen LogP contribution is -2.74. The number of carbonyl (C=O) groups is 1. The molecule has 4 rings (SSSR count). The van der Waals surface area contributed by atoms with Gasteiger partial charge in [0.15, 0.2) is 0 Å². The first-order valence-corrected chi connectivity index (χ1v) is 6.96. The molecule has 0 aliphatic carbocycles. The van der Waals surface area contributed by atoms with E-state index in [4.69, 9.17) is 4.74 Å². The fourth-order valence-electron chi connectivity index (χ4n) is 2.93. The van der Waals surface area contributed by atoms with Crippen LogP contribution in [0.4, 0.5) is 0 Å². The minimum atomic E-state index is -0.571. The van der Waals surface area contributed by atoms with Gasteiger partial charge in [0.1, 0.15) is 5.75 Å². The number of carbonyl (C=O) groups excluding carboxylic acids is 1. The number of benzene rings is 1. The molecule has 5 nitrogen and oxygen atoms in total. The van der Waals surface area contributed by atoms with Crippen LogP contribution in [0.2, 0.25) is 0 Å². The van der Waals surface area contributed by atoms with Crippen molar-refractivity contribution in [1.82, 2.24) is 15.2 Å². The van der Waals surface area contributed by atoms with Gasteiger partial charge in [-0.3, -0.25) is 14.7 Å². The summed E-state index contributed by atoms with van der Waals surface area (Å²) in [6.45, 7) is 2.22. The number of hydrogen-bond donors (Lipinski definition) is 1. The Morgan fingerprint density at radius 3 is 2.76 bits per heavy atom. The predicted octanol–water partition coefficient (Wildman–Crippen LogP) is 1.42. The molecule has 3 heterocycles. The summed E-state index contributed by atoms with van der Waals surface area (Å²) in [5, 5.41) is 2.99. The highest BCUT2D eigenvalue weighted by Crippen LogP contribution is 2.33. The maximum Gasteiger partial charge on any atom is 0.258 e. The minimum absolute atomic E-state index is 0.0552. The zero-order chi connectivity index (χ0) is 14.3. The number of nitrogens with zero attached hydrogens (tertiary/aromatic N) is 2. The average molecular weight is 281 g/mol. The van der Waals surface area contributed by atoms with Crippen molar-refractivity contribution < 1.29 is 9.53 Å². The lowest BCUT2D eigenvalue weighted by molar-refractivity contribution is -0.102. The fraction of sp³-hybridized carbons (Fsp3) is 0.250. The average Bonchev–Trinajstić information content (AvgIpc) is 2.47. The molecule has 1 amide bonds. The summed E-state index contributed by atoms with van der Waals surface area (Å²) in [6, 6.07) is 11.4. The molecule has 0 unspecified atom stereocenters. The Morgan fingerprint density at radius 2 is 1.95 bits per heavy atom. The van der Waals surface area contributed by atoms with Crippen LogP contribution in [0.5, 0.6) is 5.75 Å². The SMILES string of the molecule is O=C1NC2(CN(Cc3ccncc3)C2)Oc2ccccc21. The van der Waals surface area contributed by atoms with Gasteiger partial charge in [0.2, 0.25) is 5.72 Å². The number of hydrogen-bond acceptors (Lipinski definition) is 4. The normalized spacial score (nSPS) is 19.3. The van der Waals surface area contributed by atoms with Crippen molar-refractivity contribution in [1.29, 1.82) is 0 Å². The largest absolute Gasteiger partial charge is 0.464 e. The standard InChI is InChI=1S/C16H15N3O2/c20-15-13-3-1-2-4-14(13)21-16(18-15)10-19(11-16)9-12-5-7-17-8-6-12/h1-8H,9-11H2,(H,18,20). The topological polar surface area (TPSA) is 54.5 Å². The molecule has 1 N–H and O–H groups in total. The van der Waals surface area contributed by atoms with Crippen LogP contribution in [0.1, 0.15) is 15.9 Å². The van der Waals surface area contributed by atoms with Gasteiger partial charge in [-0.05, 0) is 29.8 Å². The van der Waals surface area contributed by atoms with E-state index in [2.05, 4.69) is 15.2 Å². The van der Waals surface area contributed by atoms with E-state index < -0.39 is 5.72 Å². The summed E-state index contributed by atoms with van der Waals surface area (Å²) in [5.41, 5.74) is 1.25. The molecular formula is C16H15N3O2. The molecular weight excluding hydrogens is 266 g/mol. The fourth-order valence-corrected chi connectivity index (χ4v) is 2.93. The van der Waals surface area contributed by atoms with E-state index in [1.165, 1.54) is 5.56 Å². The number of fused-ring (bicyclic) bond motifs is 1.